The van der Waals surface area contributed by atoms with Crippen molar-refractivity contribution in [3.05, 3.63) is 23.8 Å². The van der Waals surface area contributed by atoms with E-state index in [9.17, 15) is 0 Å². The molecule has 1 nitrogen and oxygen atoms in total. The Balaban J connectivity index is 2.97. The molecule has 0 atom stereocenters. The van der Waals surface area contributed by atoms with Crippen molar-refractivity contribution in [2.75, 3.05) is 11.6 Å². The van der Waals surface area contributed by atoms with Gasteiger partial charge in [-0.2, -0.15) is 0 Å². The topological polar surface area (TPSA) is 12.0 Å². The van der Waals surface area contributed by atoms with E-state index in [1.807, 2.05) is 0 Å². The molecule has 0 aromatic heterocycles. The van der Waals surface area contributed by atoms with Gasteiger partial charge in [-0.3, -0.25) is 0 Å². The monoisotopic (exact) mass is 209 g/mol. The lowest BCUT2D eigenvalue weighted by atomic mass is 10.1. The summed E-state index contributed by atoms with van der Waals surface area (Å²) in [6.45, 7) is 8.66. The average molecular weight is 209 g/mol. The third-order valence-corrected chi connectivity index (χ3v) is 2.64. The first-order valence-electron chi connectivity index (χ1n) is 4.85. The minimum absolute atomic E-state index is 0.125. The molecule has 0 saturated heterocycles. The summed E-state index contributed by atoms with van der Waals surface area (Å²) in [4.78, 5) is 1.32. The van der Waals surface area contributed by atoms with Crippen LogP contribution in [0.15, 0.2) is 23.1 Å². The Bertz CT molecular complexity index is 313. The molecule has 0 spiro atoms. The molecule has 1 aromatic rings. The summed E-state index contributed by atoms with van der Waals surface area (Å²) < 4.78 is 0. The fourth-order valence-corrected chi connectivity index (χ4v) is 1.95. The van der Waals surface area contributed by atoms with Crippen LogP contribution in [0, 0.1) is 6.92 Å². The molecule has 0 aliphatic rings. The van der Waals surface area contributed by atoms with Crippen molar-refractivity contribution in [2.24, 2.45) is 0 Å². The van der Waals surface area contributed by atoms with Crippen molar-refractivity contribution in [3.63, 3.8) is 0 Å². The molecule has 2 heteroatoms. The summed E-state index contributed by atoms with van der Waals surface area (Å²) in [7, 11) is 0. The largest absolute Gasteiger partial charge is 0.380 e. The van der Waals surface area contributed by atoms with Crippen molar-refractivity contribution in [2.45, 2.75) is 38.1 Å². The zero-order valence-electron chi connectivity index (χ0n) is 9.64. The van der Waals surface area contributed by atoms with Crippen molar-refractivity contribution in [1.82, 2.24) is 0 Å². The second-order valence-electron chi connectivity index (χ2n) is 4.58. The van der Waals surface area contributed by atoms with Gasteiger partial charge in [0.2, 0.25) is 0 Å². The minimum atomic E-state index is 0.125. The van der Waals surface area contributed by atoms with Gasteiger partial charge in [0.25, 0.3) is 0 Å². The zero-order chi connectivity index (χ0) is 10.8. The number of benzene rings is 1. The maximum atomic E-state index is 3.51. The van der Waals surface area contributed by atoms with Gasteiger partial charge in [-0.05, 0) is 51.6 Å². The van der Waals surface area contributed by atoms with Crippen molar-refractivity contribution < 1.29 is 0 Å². The van der Waals surface area contributed by atoms with Gasteiger partial charge < -0.3 is 5.32 Å². The Morgan fingerprint density at radius 1 is 1.21 bits per heavy atom. The molecule has 0 aliphatic heterocycles. The van der Waals surface area contributed by atoms with Crippen molar-refractivity contribution in [3.8, 4) is 0 Å². The third-order valence-electron chi connectivity index (χ3n) is 1.87. The molecule has 14 heavy (non-hydrogen) atoms. The molecule has 0 fully saturated rings. The molecule has 78 valence electrons. The van der Waals surface area contributed by atoms with E-state index in [1.54, 1.807) is 11.8 Å². The fourth-order valence-electron chi connectivity index (χ4n) is 1.31. The first-order chi connectivity index (χ1) is 6.42. The van der Waals surface area contributed by atoms with Gasteiger partial charge in [-0.15, -0.1) is 11.8 Å². The van der Waals surface area contributed by atoms with E-state index in [2.05, 4.69) is 57.5 Å². The van der Waals surface area contributed by atoms with Gasteiger partial charge in [-0.1, -0.05) is 6.07 Å². The van der Waals surface area contributed by atoms with Gasteiger partial charge in [0.1, 0.15) is 0 Å². The Morgan fingerprint density at radius 2 is 1.86 bits per heavy atom. The van der Waals surface area contributed by atoms with E-state index >= 15 is 0 Å². The average Bonchev–Trinajstić information content (AvgIpc) is 2.06. The molecule has 0 radical (unpaired) electrons. The smallest absolute Gasteiger partial charge is 0.0482 e. The van der Waals surface area contributed by atoms with Gasteiger partial charge in [-0.25, -0.2) is 0 Å². The number of anilines is 1. The summed E-state index contributed by atoms with van der Waals surface area (Å²) >= 11 is 1.79. The lowest BCUT2D eigenvalue weighted by Crippen LogP contribution is -2.26. The number of aryl methyl sites for hydroxylation is 1. The molecule has 1 aromatic carbocycles. The highest BCUT2D eigenvalue weighted by Crippen LogP contribution is 2.28. The predicted octanol–water partition coefficient (Wildman–Crippen LogP) is 3.93. The molecule has 0 heterocycles. The predicted molar refractivity (Wildman–Crippen MR) is 66.3 cm³/mol. The lowest BCUT2D eigenvalue weighted by molar-refractivity contribution is 0.632. The second-order valence-corrected chi connectivity index (χ2v) is 5.43. The highest BCUT2D eigenvalue weighted by atomic mass is 32.2. The maximum Gasteiger partial charge on any atom is 0.0482 e. The summed E-state index contributed by atoms with van der Waals surface area (Å²) in [6, 6.07) is 6.53. The number of hydrogen-bond acceptors (Lipinski definition) is 2. The Kier molecular flexibility index (Phi) is 3.48. The molecule has 0 aliphatic carbocycles. The third kappa shape index (κ3) is 3.26. The Labute approximate surface area is 91.3 Å². The molecule has 0 amide bonds. The minimum Gasteiger partial charge on any atom is -0.380 e. The van der Waals surface area contributed by atoms with Crippen LogP contribution < -0.4 is 5.32 Å². The number of rotatable bonds is 2. The van der Waals surface area contributed by atoms with Crippen LogP contribution in [0.2, 0.25) is 0 Å². The Morgan fingerprint density at radius 3 is 2.36 bits per heavy atom. The van der Waals surface area contributed by atoms with Crippen molar-refractivity contribution >= 4 is 17.4 Å². The van der Waals surface area contributed by atoms with Crippen molar-refractivity contribution in [1.29, 1.82) is 0 Å². The lowest BCUT2D eigenvalue weighted by Gasteiger charge is -2.24. The summed E-state index contributed by atoms with van der Waals surface area (Å²) in [6.07, 6.45) is 2.11. The van der Waals surface area contributed by atoms with Crippen LogP contribution in [0.3, 0.4) is 0 Å². The van der Waals surface area contributed by atoms with Gasteiger partial charge in [0.15, 0.2) is 0 Å². The molecule has 0 saturated carbocycles. The zero-order valence-corrected chi connectivity index (χ0v) is 10.5. The maximum absolute atomic E-state index is 3.51. The molecular weight excluding hydrogens is 190 g/mol. The number of hydrogen-bond donors (Lipinski definition) is 1. The van der Waals surface area contributed by atoms with Crippen LogP contribution in [0.1, 0.15) is 26.3 Å². The van der Waals surface area contributed by atoms with Crippen LogP contribution in [0.5, 0.6) is 0 Å². The van der Waals surface area contributed by atoms with E-state index in [0.29, 0.717) is 0 Å². The van der Waals surface area contributed by atoms with Gasteiger partial charge in [0.05, 0.1) is 0 Å². The second kappa shape index (κ2) is 4.26. The number of thioether (sulfide) groups is 1. The van der Waals surface area contributed by atoms with Crippen LogP contribution in [0.4, 0.5) is 5.69 Å². The molecule has 1 N–H and O–H groups in total. The first-order valence-corrected chi connectivity index (χ1v) is 6.08. The van der Waals surface area contributed by atoms with E-state index in [-0.39, 0.29) is 5.54 Å². The quantitative estimate of drug-likeness (QED) is 0.741. The Hall–Kier alpha value is -0.630. The van der Waals surface area contributed by atoms with E-state index in [0.717, 1.165) is 0 Å². The van der Waals surface area contributed by atoms with E-state index in [4.69, 9.17) is 0 Å². The highest BCUT2D eigenvalue weighted by Gasteiger charge is 2.11. The normalized spacial score (nSPS) is 11.5. The van der Waals surface area contributed by atoms with Crippen LogP contribution in [-0.2, 0) is 0 Å². The van der Waals surface area contributed by atoms with E-state index in [1.165, 1.54) is 16.1 Å². The summed E-state index contributed by atoms with van der Waals surface area (Å²) in [5.74, 6) is 0. The SMILES string of the molecule is CSc1cc(C)ccc1NC(C)(C)C. The number of nitrogens with one attached hydrogen (secondary N) is 1. The van der Waals surface area contributed by atoms with Gasteiger partial charge in [0, 0.05) is 16.1 Å². The highest BCUT2D eigenvalue weighted by molar-refractivity contribution is 7.98. The molecular formula is C12H19NS. The molecule has 1 rings (SSSR count). The fraction of sp³-hybridized carbons (Fsp3) is 0.500. The standard InChI is InChI=1S/C12H19NS/c1-9-6-7-10(11(8-9)14-5)13-12(2,3)4/h6-8,13H,1-5H3. The molecule has 0 unspecified atom stereocenters. The first kappa shape index (κ1) is 11.4. The van der Waals surface area contributed by atoms with E-state index < -0.39 is 0 Å². The van der Waals surface area contributed by atoms with Crippen LogP contribution >= 0.6 is 11.8 Å². The molecule has 0 bridgehead atoms. The summed E-state index contributed by atoms with van der Waals surface area (Å²) in [5.41, 5.74) is 2.67. The van der Waals surface area contributed by atoms with Crippen LogP contribution in [-0.4, -0.2) is 11.8 Å². The van der Waals surface area contributed by atoms with Gasteiger partial charge >= 0.3 is 0 Å². The van der Waals surface area contributed by atoms with Crippen LogP contribution in [0.25, 0.3) is 0 Å². The summed E-state index contributed by atoms with van der Waals surface area (Å²) in [5, 5.41) is 3.51.